The van der Waals surface area contributed by atoms with Crippen LogP contribution in [0.4, 0.5) is 11.5 Å². The summed E-state index contributed by atoms with van der Waals surface area (Å²) in [6.07, 6.45) is 8.61. The minimum absolute atomic E-state index is 0.175. The Bertz CT molecular complexity index is 1130. The average Bonchev–Trinajstić information content (AvgIpc) is 2.84. The number of aromatic nitrogens is 2. The van der Waals surface area contributed by atoms with Crippen LogP contribution in [0.3, 0.4) is 0 Å². The van der Waals surface area contributed by atoms with E-state index in [2.05, 4.69) is 21.2 Å². The molecule has 1 aromatic heterocycles. The number of methoxy groups -OCH3 is 1. The first-order valence-electron chi connectivity index (χ1n) is 10.6. The van der Waals surface area contributed by atoms with Gasteiger partial charge in [-0.05, 0) is 37.1 Å². The second kappa shape index (κ2) is 12.4. The van der Waals surface area contributed by atoms with E-state index >= 15 is 0 Å². The average molecular weight is 450 g/mol. The molecule has 172 valence electrons. The van der Waals surface area contributed by atoms with Crippen LogP contribution in [-0.2, 0) is 9.53 Å². The summed E-state index contributed by atoms with van der Waals surface area (Å²) in [6.45, 7) is 0.760. The molecule has 2 aromatic carbocycles. The third-order valence-electron chi connectivity index (χ3n) is 4.82. The quantitative estimate of drug-likeness (QED) is 0.302. The van der Waals surface area contributed by atoms with Crippen LogP contribution in [0.25, 0.3) is 10.9 Å². The van der Waals surface area contributed by atoms with Crippen LogP contribution in [0.15, 0.2) is 42.7 Å². The standard InChI is InChI=1S/C25H27N3O5/c1-3-18-7-6-8-19(13-18)28-25-21-14-23(32-10-5-4-9-20(30)16-29)24(33-12-11-31-2)15-22(21)26-17-27-25/h1,6-8,13-15,17,29H,4-5,9-12,16H2,2H3,(H,26,27,28). The number of fused-ring (bicyclic) bond motifs is 1. The number of ketones is 1. The van der Waals surface area contributed by atoms with E-state index in [-0.39, 0.29) is 5.78 Å². The number of anilines is 2. The van der Waals surface area contributed by atoms with Crippen molar-refractivity contribution in [1.29, 1.82) is 0 Å². The van der Waals surface area contributed by atoms with Crippen LogP contribution in [0.5, 0.6) is 11.5 Å². The number of hydrogen-bond donors (Lipinski definition) is 2. The first kappa shape index (κ1) is 24.0. The fraction of sp³-hybridized carbons (Fsp3) is 0.320. The van der Waals surface area contributed by atoms with E-state index in [9.17, 15) is 4.79 Å². The van der Waals surface area contributed by atoms with Gasteiger partial charge in [-0.25, -0.2) is 9.97 Å². The third kappa shape index (κ3) is 6.91. The molecule has 0 unspecified atom stereocenters. The molecule has 0 aliphatic carbocycles. The number of nitrogens with zero attached hydrogens (tertiary/aromatic N) is 2. The van der Waals surface area contributed by atoms with Crippen molar-refractivity contribution in [2.45, 2.75) is 19.3 Å². The zero-order chi connectivity index (χ0) is 23.5. The summed E-state index contributed by atoms with van der Waals surface area (Å²) in [5.74, 6) is 4.14. The highest BCUT2D eigenvalue weighted by atomic mass is 16.5. The molecule has 0 saturated heterocycles. The summed E-state index contributed by atoms with van der Waals surface area (Å²) in [5.41, 5.74) is 2.26. The van der Waals surface area contributed by atoms with Crippen molar-refractivity contribution in [2.75, 3.05) is 38.9 Å². The maximum atomic E-state index is 11.3. The molecule has 1 heterocycles. The predicted molar refractivity (Wildman–Crippen MR) is 126 cm³/mol. The molecule has 2 N–H and O–H groups in total. The number of ether oxygens (including phenoxy) is 3. The molecule has 0 bridgehead atoms. The van der Waals surface area contributed by atoms with Gasteiger partial charge >= 0.3 is 0 Å². The molecule has 0 amide bonds. The van der Waals surface area contributed by atoms with Gasteiger partial charge < -0.3 is 24.6 Å². The molecule has 3 aromatic rings. The van der Waals surface area contributed by atoms with E-state index in [1.165, 1.54) is 6.33 Å². The van der Waals surface area contributed by atoms with Gasteiger partial charge in [0.05, 0.1) is 18.7 Å². The lowest BCUT2D eigenvalue weighted by Crippen LogP contribution is -2.08. The van der Waals surface area contributed by atoms with E-state index in [1.807, 2.05) is 30.3 Å². The lowest BCUT2D eigenvalue weighted by molar-refractivity contribution is -0.121. The van der Waals surface area contributed by atoms with Crippen molar-refractivity contribution >= 4 is 28.2 Å². The monoisotopic (exact) mass is 449 g/mol. The van der Waals surface area contributed by atoms with Crippen molar-refractivity contribution in [3.05, 3.63) is 48.3 Å². The Morgan fingerprint density at radius 2 is 1.91 bits per heavy atom. The van der Waals surface area contributed by atoms with Gasteiger partial charge in [0.1, 0.15) is 25.4 Å². The minimum atomic E-state index is -0.428. The van der Waals surface area contributed by atoms with Crippen LogP contribution in [0.1, 0.15) is 24.8 Å². The Balaban J connectivity index is 1.84. The number of benzene rings is 2. The van der Waals surface area contributed by atoms with Crippen molar-refractivity contribution in [3.8, 4) is 23.8 Å². The Morgan fingerprint density at radius 3 is 2.70 bits per heavy atom. The second-order valence-corrected chi connectivity index (χ2v) is 7.23. The van der Waals surface area contributed by atoms with E-state index in [0.29, 0.717) is 61.9 Å². The molecule has 3 rings (SSSR count). The molecule has 0 aliphatic rings. The highest BCUT2D eigenvalue weighted by Crippen LogP contribution is 2.35. The number of rotatable bonds is 13. The molecular formula is C25H27N3O5. The predicted octanol–water partition coefficient (Wildman–Crippen LogP) is 3.49. The normalized spacial score (nSPS) is 10.6. The number of Topliss-reactive ketones (excluding diaryl/α,β-unsaturated/α-hetero) is 1. The SMILES string of the molecule is C#Cc1cccc(Nc2ncnc3cc(OCCOC)c(OCCCCC(=O)CO)cc23)c1. The van der Waals surface area contributed by atoms with E-state index in [1.54, 1.807) is 13.2 Å². The van der Waals surface area contributed by atoms with Crippen molar-refractivity contribution in [1.82, 2.24) is 9.97 Å². The van der Waals surface area contributed by atoms with Gasteiger partial charge in [0.15, 0.2) is 17.3 Å². The van der Waals surface area contributed by atoms with Gasteiger partial charge in [0, 0.05) is 36.2 Å². The Labute approximate surface area is 192 Å². The largest absolute Gasteiger partial charge is 0.490 e. The summed E-state index contributed by atoms with van der Waals surface area (Å²) in [7, 11) is 1.61. The topological polar surface area (TPSA) is 103 Å². The molecule has 0 radical (unpaired) electrons. The van der Waals surface area contributed by atoms with Gasteiger partial charge in [0.25, 0.3) is 0 Å². The molecule has 8 heteroatoms. The fourth-order valence-corrected chi connectivity index (χ4v) is 3.13. The molecule has 0 spiro atoms. The highest BCUT2D eigenvalue weighted by Gasteiger charge is 2.13. The van der Waals surface area contributed by atoms with E-state index in [0.717, 1.165) is 16.6 Å². The molecule has 0 atom stereocenters. The Morgan fingerprint density at radius 1 is 1.09 bits per heavy atom. The van der Waals surface area contributed by atoms with Gasteiger partial charge in [-0.15, -0.1) is 6.42 Å². The van der Waals surface area contributed by atoms with Crippen LogP contribution in [-0.4, -0.2) is 54.4 Å². The molecule has 0 aliphatic heterocycles. The van der Waals surface area contributed by atoms with E-state index in [4.69, 9.17) is 25.7 Å². The maximum Gasteiger partial charge on any atom is 0.163 e. The zero-order valence-electron chi connectivity index (χ0n) is 18.5. The summed E-state index contributed by atoms with van der Waals surface area (Å²) in [5, 5.41) is 12.9. The fourth-order valence-electron chi connectivity index (χ4n) is 3.13. The number of carbonyl (C=O) groups is 1. The lowest BCUT2D eigenvalue weighted by Gasteiger charge is -2.15. The number of nitrogens with one attached hydrogen (secondary N) is 1. The third-order valence-corrected chi connectivity index (χ3v) is 4.82. The Hall–Kier alpha value is -3.67. The number of aliphatic hydroxyl groups excluding tert-OH is 1. The first-order chi connectivity index (χ1) is 16.1. The van der Waals surface area contributed by atoms with Gasteiger partial charge in [-0.2, -0.15) is 0 Å². The lowest BCUT2D eigenvalue weighted by atomic mass is 10.1. The second-order valence-electron chi connectivity index (χ2n) is 7.23. The molecule has 0 saturated carbocycles. The highest BCUT2D eigenvalue weighted by molar-refractivity contribution is 5.93. The van der Waals surface area contributed by atoms with Gasteiger partial charge in [0.2, 0.25) is 0 Å². The first-order valence-corrected chi connectivity index (χ1v) is 10.6. The zero-order valence-corrected chi connectivity index (χ0v) is 18.5. The molecule has 0 fully saturated rings. The molecule has 8 nitrogen and oxygen atoms in total. The number of terminal acetylenes is 1. The van der Waals surface area contributed by atoms with Crippen LogP contribution in [0.2, 0.25) is 0 Å². The van der Waals surface area contributed by atoms with Crippen LogP contribution in [0, 0.1) is 12.3 Å². The number of aliphatic hydroxyl groups is 1. The summed E-state index contributed by atoms with van der Waals surface area (Å²) >= 11 is 0. The number of carbonyl (C=O) groups excluding carboxylic acids is 1. The van der Waals surface area contributed by atoms with Gasteiger partial charge in [-0.1, -0.05) is 12.0 Å². The number of unbranched alkanes of at least 4 members (excludes halogenated alkanes) is 1. The van der Waals surface area contributed by atoms with Crippen LogP contribution >= 0.6 is 0 Å². The Kier molecular flexibility index (Phi) is 9.00. The maximum absolute atomic E-state index is 11.3. The van der Waals surface area contributed by atoms with Gasteiger partial charge in [-0.3, -0.25) is 4.79 Å². The smallest absolute Gasteiger partial charge is 0.163 e. The van der Waals surface area contributed by atoms with Crippen molar-refractivity contribution < 1.29 is 24.1 Å². The summed E-state index contributed by atoms with van der Waals surface area (Å²) in [4.78, 5) is 20.0. The van der Waals surface area contributed by atoms with E-state index < -0.39 is 6.61 Å². The van der Waals surface area contributed by atoms with Crippen LogP contribution < -0.4 is 14.8 Å². The van der Waals surface area contributed by atoms with Crippen molar-refractivity contribution in [3.63, 3.8) is 0 Å². The minimum Gasteiger partial charge on any atom is -0.490 e. The van der Waals surface area contributed by atoms with Crippen molar-refractivity contribution in [2.24, 2.45) is 0 Å². The molecule has 33 heavy (non-hydrogen) atoms. The molecular weight excluding hydrogens is 422 g/mol. The summed E-state index contributed by atoms with van der Waals surface area (Å²) < 4.78 is 16.9. The number of hydrogen-bond acceptors (Lipinski definition) is 8. The summed E-state index contributed by atoms with van der Waals surface area (Å²) in [6, 6.07) is 11.1.